The summed E-state index contributed by atoms with van der Waals surface area (Å²) < 4.78 is 1.38. The van der Waals surface area contributed by atoms with Gasteiger partial charge in [0.15, 0.2) is 5.78 Å². The zero-order valence-corrected chi connectivity index (χ0v) is 17.6. The van der Waals surface area contributed by atoms with Gasteiger partial charge in [0.1, 0.15) is 4.83 Å². The van der Waals surface area contributed by atoms with E-state index in [2.05, 4.69) is 18.8 Å². The van der Waals surface area contributed by atoms with Crippen LogP contribution in [0.25, 0.3) is 21.3 Å². The number of hydrogen-bond acceptors (Lipinski definition) is 4. The van der Waals surface area contributed by atoms with Crippen molar-refractivity contribution in [2.24, 2.45) is 0 Å². The Hall–Kier alpha value is -2.76. The van der Waals surface area contributed by atoms with Crippen molar-refractivity contribution < 1.29 is 4.79 Å². The van der Waals surface area contributed by atoms with Gasteiger partial charge in [-0.2, -0.15) is 0 Å². The number of carbonyl (C=O) groups excluding carboxylic acids is 1. The molecule has 2 heterocycles. The number of fused-ring (bicyclic) bond motifs is 1. The lowest BCUT2D eigenvalue weighted by Crippen LogP contribution is -2.24. The van der Waals surface area contributed by atoms with Crippen molar-refractivity contribution >= 4 is 38.9 Å². The van der Waals surface area contributed by atoms with Crippen LogP contribution >= 0.6 is 22.9 Å². The molecule has 0 fully saturated rings. The molecule has 0 unspecified atom stereocenters. The predicted molar refractivity (Wildman–Crippen MR) is 119 cm³/mol. The Bertz CT molecular complexity index is 1240. The first-order chi connectivity index (χ1) is 13.9. The first kappa shape index (κ1) is 19.6. The van der Waals surface area contributed by atoms with Crippen molar-refractivity contribution in [1.29, 1.82) is 0 Å². The fraction of sp³-hybridized carbons (Fsp3) is 0.174. The van der Waals surface area contributed by atoms with Gasteiger partial charge < -0.3 is 0 Å². The summed E-state index contributed by atoms with van der Waals surface area (Å²) in [6, 6.07) is 14.9. The minimum Gasteiger partial charge on any atom is -0.292 e. The summed E-state index contributed by atoms with van der Waals surface area (Å²) in [4.78, 5) is 30.9. The van der Waals surface area contributed by atoms with Crippen LogP contribution in [-0.2, 0) is 6.54 Å². The standard InChI is InChI=1S/C23H19ClN2O2S/c1-14(2)15-3-5-17(6-4-15)20(27)11-26-13-25-22-21(23(26)28)19(12-29-22)16-7-9-18(24)10-8-16/h3-10,12-14H,11H2,1-2H3. The third-order valence-electron chi connectivity index (χ3n) is 4.93. The molecule has 0 bridgehead atoms. The van der Waals surface area contributed by atoms with E-state index in [1.165, 1.54) is 27.8 Å². The van der Waals surface area contributed by atoms with E-state index >= 15 is 0 Å². The van der Waals surface area contributed by atoms with Crippen LogP contribution in [0.15, 0.2) is 65.0 Å². The van der Waals surface area contributed by atoms with Crippen LogP contribution in [0.5, 0.6) is 0 Å². The van der Waals surface area contributed by atoms with Gasteiger partial charge >= 0.3 is 0 Å². The SMILES string of the molecule is CC(C)c1ccc(C(=O)Cn2cnc3scc(-c4ccc(Cl)cc4)c3c2=O)cc1. The van der Waals surface area contributed by atoms with Crippen LogP contribution in [0.1, 0.15) is 35.7 Å². The molecule has 0 saturated carbocycles. The molecular formula is C23H19ClN2O2S. The van der Waals surface area contributed by atoms with E-state index in [0.717, 1.165) is 11.1 Å². The van der Waals surface area contributed by atoms with Gasteiger partial charge in [0.25, 0.3) is 5.56 Å². The van der Waals surface area contributed by atoms with E-state index in [0.29, 0.717) is 26.7 Å². The predicted octanol–water partition coefficient (Wildman–Crippen LogP) is 5.78. The first-order valence-corrected chi connectivity index (χ1v) is 10.6. The molecule has 6 heteroatoms. The Kier molecular flexibility index (Phi) is 5.35. The van der Waals surface area contributed by atoms with Crippen molar-refractivity contribution in [2.75, 3.05) is 0 Å². The fourth-order valence-electron chi connectivity index (χ4n) is 3.22. The Morgan fingerprint density at radius 2 is 1.79 bits per heavy atom. The molecule has 0 aliphatic heterocycles. The van der Waals surface area contributed by atoms with Gasteiger partial charge in [0, 0.05) is 21.5 Å². The number of thiophene rings is 1. The van der Waals surface area contributed by atoms with Gasteiger partial charge in [0.2, 0.25) is 0 Å². The maximum Gasteiger partial charge on any atom is 0.263 e. The molecule has 0 aliphatic rings. The minimum atomic E-state index is -0.214. The molecule has 2 aromatic heterocycles. The van der Waals surface area contributed by atoms with Gasteiger partial charge in [-0.3, -0.25) is 14.2 Å². The maximum absolute atomic E-state index is 13.1. The highest BCUT2D eigenvalue weighted by Gasteiger charge is 2.15. The molecule has 0 aliphatic carbocycles. The lowest BCUT2D eigenvalue weighted by atomic mass is 10.0. The molecule has 29 heavy (non-hydrogen) atoms. The number of carbonyl (C=O) groups is 1. The second-order valence-electron chi connectivity index (χ2n) is 7.21. The smallest absolute Gasteiger partial charge is 0.263 e. The third-order valence-corrected chi connectivity index (χ3v) is 6.07. The second kappa shape index (κ2) is 7.93. The van der Waals surface area contributed by atoms with Crippen molar-refractivity contribution in [2.45, 2.75) is 26.3 Å². The number of aromatic nitrogens is 2. The van der Waals surface area contributed by atoms with E-state index in [-0.39, 0.29) is 17.9 Å². The Labute approximate surface area is 177 Å². The zero-order valence-electron chi connectivity index (χ0n) is 16.1. The molecule has 0 atom stereocenters. The normalized spacial score (nSPS) is 11.3. The average molecular weight is 423 g/mol. The number of halogens is 1. The molecule has 146 valence electrons. The maximum atomic E-state index is 13.1. The molecule has 2 aromatic carbocycles. The summed E-state index contributed by atoms with van der Waals surface area (Å²) in [5.41, 5.74) is 3.25. The van der Waals surface area contributed by atoms with Crippen molar-refractivity contribution in [3.63, 3.8) is 0 Å². The molecule has 0 saturated heterocycles. The monoisotopic (exact) mass is 422 g/mol. The molecule has 0 radical (unpaired) electrons. The van der Waals surface area contributed by atoms with Crippen molar-refractivity contribution in [3.05, 3.63) is 86.7 Å². The highest BCUT2D eigenvalue weighted by atomic mass is 35.5. The minimum absolute atomic E-state index is 0.0430. The molecule has 0 amide bonds. The van der Waals surface area contributed by atoms with E-state index in [1.807, 2.05) is 41.8 Å². The highest BCUT2D eigenvalue weighted by Crippen LogP contribution is 2.31. The summed E-state index contributed by atoms with van der Waals surface area (Å²) in [5.74, 6) is 0.282. The Balaban J connectivity index is 1.68. The molecule has 0 spiro atoms. The van der Waals surface area contributed by atoms with Gasteiger partial charge in [-0.05, 0) is 29.2 Å². The average Bonchev–Trinajstić information content (AvgIpc) is 3.15. The Morgan fingerprint density at radius 1 is 1.10 bits per heavy atom. The molecule has 0 N–H and O–H groups in total. The van der Waals surface area contributed by atoms with Crippen LogP contribution < -0.4 is 5.56 Å². The zero-order chi connectivity index (χ0) is 20.5. The summed E-state index contributed by atoms with van der Waals surface area (Å²) in [6.07, 6.45) is 1.45. The Morgan fingerprint density at radius 3 is 2.45 bits per heavy atom. The number of rotatable bonds is 5. The number of hydrogen-bond donors (Lipinski definition) is 0. The lowest BCUT2D eigenvalue weighted by Gasteiger charge is -2.08. The molecule has 4 rings (SSSR count). The van der Waals surface area contributed by atoms with Crippen LogP contribution in [0.2, 0.25) is 5.02 Å². The first-order valence-electron chi connectivity index (χ1n) is 9.30. The van der Waals surface area contributed by atoms with E-state index in [1.54, 1.807) is 12.1 Å². The topological polar surface area (TPSA) is 52.0 Å². The molecule has 4 nitrogen and oxygen atoms in total. The van der Waals surface area contributed by atoms with Gasteiger partial charge in [0.05, 0.1) is 18.3 Å². The number of ketones is 1. The highest BCUT2D eigenvalue weighted by molar-refractivity contribution is 7.17. The molecular weight excluding hydrogens is 404 g/mol. The van der Waals surface area contributed by atoms with Gasteiger partial charge in [-0.25, -0.2) is 4.98 Å². The summed E-state index contributed by atoms with van der Waals surface area (Å²) >= 11 is 7.39. The van der Waals surface area contributed by atoms with Crippen LogP contribution in [0.3, 0.4) is 0 Å². The number of benzene rings is 2. The molecule has 4 aromatic rings. The summed E-state index contributed by atoms with van der Waals surface area (Å²) in [5, 5.41) is 3.08. The van der Waals surface area contributed by atoms with Gasteiger partial charge in [-0.1, -0.05) is 61.8 Å². The van der Waals surface area contributed by atoms with E-state index in [9.17, 15) is 9.59 Å². The van der Waals surface area contributed by atoms with Crippen molar-refractivity contribution in [3.8, 4) is 11.1 Å². The third kappa shape index (κ3) is 3.88. The number of Topliss-reactive ketones (excluding diaryl/α,β-unsaturated/α-hetero) is 1. The number of nitrogens with zero attached hydrogens (tertiary/aromatic N) is 2. The fourth-order valence-corrected chi connectivity index (χ4v) is 4.25. The second-order valence-corrected chi connectivity index (χ2v) is 8.51. The van der Waals surface area contributed by atoms with Gasteiger partial charge in [-0.15, -0.1) is 11.3 Å². The van der Waals surface area contributed by atoms with Crippen molar-refractivity contribution in [1.82, 2.24) is 9.55 Å². The largest absolute Gasteiger partial charge is 0.292 e. The lowest BCUT2D eigenvalue weighted by molar-refractivity contribution is 0.0970. The van der Waals surface area contributed by atoms with E-state index < -0.39 is 0 Å². The summed E-state index contributed by atoms with van der Waals surface area (Å²) in [7, 11) is 0. The van der Waals surface area contributed by atoms with E-state index in [4.69, 9.17) is 11.6 Å². The van der Waals surface area contributed by atoms with Crippen LogP contribution in [0, 0.1) is 0 Å². The van der Waals surface area contributed by atoms with Crippen LogP contribution in [0.4, 0.5) is 0 Å². The summed E-state index contributed by atoms with van der Waals surface area (Å²) in [6.45, 7) is 4.17. The van der Waals surface area contributed by atoms with Crippen LogP contribution in [-0.4, -0.2) is 15.3 Å². The quantitative estimate of drug-likeness (QED) is 0.383.